The van der Waals surface area contributed by atoms with Crippen molar-refractivity contribution < 1.29 is 13.9 Å². The van der Waals surface area contributed by atoms with Crippen molar-refractivity contribution in [3.8, 4) is 11.4 Å². The summed E-state index contributed by atoms with van der Waals surface area (Å²) in [5.41, 5.74) is 6.77. The first-order valence-electron chi connectivity index (χ1n) is 10.1. The van der Waals surface area contributed by atoms with Gasteiger partial charge in [0.2, 0.25) is 0 Å². The van der Waals surface area contributed by atoms with E-state index in [1.807, 2.05) is 48.5 Å². The van der Waals surface area contributed by atoms with E-state index in [0.717, 1.165) is 21.5 Å². The minimum absolute atomic E-state index is 0.172. The second-order valence-corrected chi connectivity index (χ2v) is 8.17. The predicted octanol–water partition coefficient (Wildman–Crippen LogP) is 5.79. The van der Waals surface area contributed by atoms with Crippen LogP contribution in [-0.4, -0.2) is 16.7 Å². The number of hydrogen-bond acceptors (Lipinski definition) is 4. The molecule has 0 saturated heterocycles. The third kappa shape index (κ3) is 5.18. The van der Waals surface area contributed by atoms with Gasteiger partial charge >= 0.3 is 5.91 Å². The van der Waals surface area contributed by atoms with E-state index in [0.29, 0.717) is 5.76 Å². The van der Waals surface area contributed by atoms with Gasteiger partial charge in [-0.05, 0) is 80.1 Å². The van der Waals surface area contributed by atoms with E-state index in [1.165, 1.54) is 11.4 Å². The Hall–Kier alpha value is -3.58. The number of carbonyl (C=O) groups excluding carboxylic acids is 1. The summed E-state index contributed by atoms with van der Waals surface area (Å²) in [6.07, 6.45) is 1.57. The number of halogens is 1. The molecule has 2 heterocycles. The average molecular weight is 492 g/mol. The molecular formula is C25H22BrN3O3. The Morgan fingerprint density at radius 1 is 1.00 bits per heavy atom. The van der Waals surface area contributed by atoms with Crippen molar-refractivity contribution in [1.82, 2.24) is 9.99 Å². The highest BCUT2D eigenvalue weighted by Gasteiger charge is 2.11. The molecule has 0 fully saturated rings. The molecule has 0 aliphatic heterocycles. The Morgan fingerprint density at radius 3 is 2.38 bits per heavy atom. The van der Waals surface area contributed by atoms with Gasteiger partial charge in [-0.1, -0.05) is 28.1 Å². The summed E-state index contributed by atoms with van der Waals surface area (Å²) in [5, 5.41) is 3.96. The van der Waals surface area contributed by atoms with Gasteiger partial charge in [-0.3, -0.25) is 4.79 Å². The number of nitrogens with zero attached hydrogens (tertiary/aromatic N) is 2. The largest absolute Gasteiger partial charge is 0.486 e. The zero-order chi connectivity index (χ0) is 22.5. The SMILES string of the molecule is Cc1ccc(C)n1-c1ccc(OCc2ccc(C(=O)N/N=C/c3ccc(Br)cc3)o2)cc1. The lowest BCUT2D eigenvalue weighted by atomic mass is 10.2. The molecule has 4 rings (SSSR count). The predicted molar refractivity (Wildman–Crippen MR) is 127 cm³/mol. The molecule has 0 bridgehead atoms. The molecule has 7 heteroatoms. The highest BCUT2D eigenvalue weighted by atomic mass is 79.9. The molecule has 2 aromatic carbocycles. The molecule has 4 aromatic rings. The number of benzene rings is 2. The summed E-state index contributed by atoms with van der Waals surface area (Å²) < 4.78 is 14.5. The summed E-state index contributed by atoms with van der Waals surface area (Å²) in [6.45, 7) is 4.37. The minimum atomic E-state index is -0.425. The average Bonchev–Trinajstić information content (AvgIpc) is 3.40. The number of nitrogens with one attached hydrogen (secondary N) is 1. The maximum Gasteiger partial charge on any atom is 0.307 e. The molecule has 162 valence electrons. The minimum Gasteiger partial charge on any atom is -0.486 e. The number of carbonyl (C=O) groups is 1. The Kier molecular flexibility index (Phi) is 6.56. The highest BCUT2D eigenvalue weighted by molar-refractivity contribution is 9.10. The second-order valence-electron chi connectivity index (χ2n) is 7.25. The molecule has 1 amide bonds. The lowest BCUT2D eigenvalue weighted by Gasteiger charge is -2.10. The van der Waals surface area contributed by atoms with Crippen LogP contribution in [0.5, 0.6) is 5.75 Å². The lowest BCUT2D eigenvalue weighted by molar-refractivity contribution is 0.0923. The Bertz CT molecular complexity index is 1220. The van der Waals surface area contributed by atoms with Gasteiger partial charge in [-0.15, -0.1) is 0 Å². The first kappa shape index (κ1) is 21.6. The maximum atomic E-state index is 12.2. The van der Waals surface area contributed by atoms with Gasteiger partial charge in [0, 0.05) is 21.5 Å². The number of rotatable bonds is 7. The summed E-state index contributed by atoms with van der Waals surface area (Å²) in [5.74, 6) is 1.02. The molecule has 0 atom stereocenters. The third-order valence-electron chi connectivity index (χ3n) is 4.88. The van der Waals surface area contributed by atoms with Crippen molar-refractivity contribution in [2.45, 2.75) is 20.5 Å². The molecule has 0 aliphatic rings. The summed E-state index contributed by atoms with van der Waals surface area (Å²) >= 11 is 3.38. The zero-order valence-electron chi connectivity index (χ0n) is 17.7. The molecular weight excluding hydrogens is 470 g/mol. The van der Waals surface area contributed by atoms with Crippen LogP contribution in [0.25, 0.3) is 5.69 Å². The molecule has 0 saturated carbocycles. The summed E-state index contributed by atoms with van der Waals surface area (Å²) in [4.78, 5) is 12.2. The van der Waals surface area contributed by atoms with Gasteiger partial charge in [0.1, 0.15) is 18.1 Å². The number of ether oxygens (including phenoxy) is 1. The molecule has 2 aromatic heterocycles. The second kappa shape index (κ2) is 9.70. The van der Waals surface area contributed by atoms with E-state index >= 15 is 0 Å². The molecule has 0 aliphatic carbocycles. The van der Waals surface area contributed by atoms with Gasteiger partial charge in [0.25, 0.3) is 0 Å². The van der Waals surface area contributed by atoms with E-state index in [1.54, 1.807) is 18.3 Å². The maximum absolute atomic E-state index is 12.2. The smallest absolute Gasteiger partial charge is 0.307 e. The third-order valence-corrected chi connectivity index (χ3v) is 5.41. The van der Waals surface area contributed by atoms with Crippen LogP contribution >= 0.6 is 15.9 Å². The van der Waals surface area contributed by atoms with Crippen molar-refractivity contribution in [3.63, 3.8) is 0 Å². The molecule has 6 nitrogen and oxygen atoms in total. The fraction of sp³-hybridized carbons (Fsp3) is 0.120. The Balaban J connectivity index is 1.31. The van der Waals surface area contributed by atoms with Crippen LogP contribution in [0, 0.1) is 13.8 Å². The topological polar surface area (TPSA) is 68.8 Å². The van der Waals surface area contributed by atoms with Gasteiger partial charge in [-0.2, -0.15) is 5.10 Å². The standard InChI is InChI=1S/C25H22BrN3O3/c1-17-3-4-18(2)29(17)21-9-11-22(12-10-21)31-16-23-13-14-24(32-23)25(30)28-27-15-19-5-7-20(26)8-6-19/h3-15H,16H2,1-2H3,(H,28,30)/b27-15+. The van der Waals surface area contributed by atoms with Gasteiger partial charge in [-0.25, -0.2) is 5.43 Å². The summed E-state index contributed by atoms with van der Waals surface area (Å²) in [7, 11) is 0. The Morgan fingerprint density at radius 2 is 1.69 bits per heavy atom. The van der Waals surface area contributed by atoms with Crippen molar-refractivity contribution in [2.24, 2.45) is 5.10 Å². The molecule has 0 radical (unpaired) electrons. The first-order chi connectivity index (χ1) is 15.5. The first-order valence-corrected chi connectivity index (χ1v) is 10.8. The van der Waals surface area contributed by atoms with Crippen LogP contribution in [0.1, 0.15) is 33.3 Å². The number of hydrazone groups is 1. The lowest BCUT2D eigenvalue weighted by Crippen LogP contribution is -2.16. The Labute approximate surface area is 194 Å². The monoisotopic (exact) mass is 491 g/mol. The number of hydrogen-bond donors (Lipinski definition) is 1. The number of aryl methyl sites for hydroxylation is 2. The van der Waals surface area contributed by atoms with Crippen LogP contribution < -0.4 is 10.2 Å². The fourth-order valence-electron chi connectivity index (χ4n) is 3.27. The van der Waals surface area contributed by atoms with Gasteiger partial charge in [0.05, 0.1) is 6.21 Å². The number of amides is 1. The van der Waals surface area contributed by atoms with Crippen LogP contribution in [0.15, 0.2) is 86.8 Å². The van der Waals surface area contributed by atoms with Crippen LogP contribution in [0.4, 0.5) is 0 Å². The van der Waals surface area contributed by atoms with E-state index in [-0.39, 0.29) is 12.4 Å². The van der Waals surface area contributed by atoms with E-state index in [9.17, 15) is 4.79 Å². The van der Waals surface area contributed by atoms with E-state index < -0.39 is 5.91 Å². The zero-order valence-corrected chi connectivity index (χ0v) is 19.3. The van der Waals surface area contributed by atoms with Crippen LogP contribution in [-0.2, 0) is 6.61 Å². The fourth-order valence-corrected chi connectivity index (χ4v) is 3.53. The van der Waals surface area contributed by atoms with Crippen molar-refractivity contribution >= 4 is 28.1 Å². The van der Waals surface area contributed by atoms with Crippen LogP contribution in [0.3, 0.4) is 0 Å². The molecule has 1 N–H and O–H groups in total. The quantitative estimate of drug-likeness (QED) is 0.262. The van der Waals surface area contributed by atoms with Crippen LogP contribution in [0.2, 0.25) is 0 Å². The van der Waals surface area contributed by atoms with Crippen molar-refractivity contribution in [3.05, 3.63) is 106 Å². The summed E-state index contributed by atoms with van der Waals surface area (Å²) in [6, 6.07) is 22.9. The van der Waals surface area contributed by atoms with Gasteiger partial charge in [0.15, 0.2) is 5.76 Å². The molecule has 0 spiro atoms. The number of aromatic nitrogens is 1. The normalized spacial score (nSPS) is 11.1. The molecule has 32 heavy (non-hydrogen) atoms. The van der Waals surface area contributed by atoms with Crippen molar-refractivity contribution in [1.29, 1.82) is 0 Å². The highest BCUT2D eigenvalue weighted by Crippen LogP contribution is 2.21. The van der Waals surface area contributed by atoms with E-state index in [2.05, 4.69) is 57.0 Å². The van der Waals surface area contributed by atoms with E-state index in [4.69, 9.17) is 9.15 Å². The van der Waals surface area contributed by atoms with Gasteiger partial charge < -0.3 is 13.7 Å². The van der Waals surface area contributed by atoms with Crippen molar-refractivity contribution in [2.75, 3.05) is 0 Å². The number of furan rings is 1. The molecule has 0 unspecified atom stereocenters.